The van der Waals surface area contributed by atoms with Gasteiger partial charge in [-0.15, -0.1) is 0 Å². The van der Waals surface area contributed by atoms with E-state index in [1.165, 1.54) is 0 Å². The Morgan fingerprint density at radius 1 is 1.00 bits per heavy atom. The van der Waals surface area contributed by atoms with Crippen LogP contribution in [-0.4, -0.2) is 55.5 Å². The molecule has 0 saturated carbocycles. The van der Waals surface area contributed by atoms with E-state index in [1.807, 2.05) is 60.7 Å². The molecule has 0 spiro atoms. The van der Waals surface area contributed by atoms with Gasteiger partial charge in [-0.25, -0.2) is 0 Å². The van der Waals surface area contributed by atoms with Crippen LogP contribution in [0.2, 0.25) is 0 Å². The van der Waals surface area contributed by atoms with Crippen molar-refractivity contribution in [3.05, 3.63) is 66.2 Å². The highest BCUT2D eigenvalue weighted by Gasteiger charge is 2.29. The number of para-hydroxylation sites is 1. The molecular formula is C26H32N2O5. The van der Waals surface area contributed by atoms with E-state index in [4.69, 9.17) is 9.47 Å². The summed E-state index contributed by atoms with van der Waals surface area (Å²) in [4.78, 5) is 39.3. The number of benzene rings is 2. The van der Waals surface area contributed by atoms with Crippen molar-refractivity contribution >= 4 is 17.8 Å². The molecule has 0 aromatic heterocycles. The molecular weight excluding hydrogens is 420 g/mol. The fourth-order valence-electron chi connectivity index (χ4n) is 3.91. The highest BCUT2D eigenvalue weighted by atomic mass is 16.5. The minimum Gasteiger partial charge on any atom is -0.484 e. The Kier molecular flexibility index (Phi) is 9.30. The minimum atomic E-state index is -0.437. The molecule has 0 radical (unpaired) electrons. The molecule has 1 N–H and O–H groups in total. The van der Waals surface area contributed by atoms with Crippen LogP contribution in [0.4, 0.5) is 0 Å². The number of hydrogen-bond acceptors (Lipinski definition) is 5. The van der Waals surface area contributed by atoms with Crippen molar-refractivity contribution in [2.75, 3.05) is 32.8 Å². The minimum absolute atomic E-state index is 0.0123. The predicted molar refractivity (Wildman–Crippen MR) is 125 cm³/mol. The van der Waals surface area contributed by atoms with Crippen LogP contribution in [0, 0.1) is 11.8 Å². The van der Waals surface area contributed by atoms with Crippen LogP contribution >= 0.6 is 0 Å². The summed E-state index contributed by atoms with van der Waals surface area (Å²) in [6, 6.07) is 18.9. The highest BCUT2D eigenvalue weighted by Crippen LogP contribution is 2.19. The molecule has 176 valence electrons. The number of carbonyl (C=O) groups excluding carboxylic acids is 3. The van der Waals surface area contributed by atoms with E-state index in [1.54, 1.807) is 11.8 Å². The molecule has 2 amide bonds. The van der Waals surface area contributed by atoms with Crippen LogP contribution in [0.3, 0.4) is 0 Å². The Balaban J connectivity index is 1.44. The average molecular weight is 453 g/mol. The van der Waals surface area contributed by atoms with Gasteiger partial charge in [0.15, 0.2) is 6.61 Å². The number of amides is 2. The summed E-state index contributed by atoms with van der Waals surface area (Å²) in [5.74, 6) is -0.419. The maximum atomic E-state index is 12.7. The first kappa shape index (κ1) is 24.3. The number of nitrogens with zero attached hydrogens (tertiary/aromatic N) is 1. The molecule has 1 atom stereocenters. The Hall–Kier alpha value is -3.35. The summed E-state index contributed by atoms with van der Waals surface area (Å²) >= 11 is 0. The molecule has 2 aromatic carbocycles. The summed E-state index contributed by atoms with van der Waals surface area (Å²) < 4.78 is 10.7. The van der Waals surface area contributed by atoms with Gasteiger partial charge in [-0.05, 0) is 43.9 Å². The molecule has 1 aliphatic heterocycles. The van der Waals surface area contributed by atoms with E-state index >= 15 is 0 Å². The first-order chi connectivity index (χ1) is 16.1. The van der Waals surface area contributed by atoms with Gasteiger partial charge in [0.2, 0.25) is 5.91 Å². The van der Waals surface area contributed by atoms with Crippen molar-refractivity contribution in [1.29, 1.82) is 0 Å². The van der Waals surface area contributed by atoms with Crippen LogP contribution in [0.25, 0.3) is 0 Å². The Morgan fingerprint density at radius 2 is 1.64 bits per heavy atom. The van der Waals surface area contributed by atoms with Gasteiger partial charge in [0.05, 0.1) is 12.5 Å². The normalized spacial score (nSPS) is 14.9. The van der Waals surface area contributed by atoms with E-state index in [-0.39, 0.29) is 36.9 Å². The van der Waals surface area contributed by atoms with Crippen LogP contribution in [0.5, 0.6) is 5.75 Å². The number of rotatable bonds is 10. The molecule has 7 nitrogen and oxygen atoms in total. The third kappa shape index (κ3) is 7.63. The molecule has 0 aliphatic carbocycles. The topological polar surface area (TPSA) is 84.9 Å². The van der Waals surface area contributed by atoms with E-state index < -0.39 is 5.92 Å². The largest absolute Gasteiger partial charge is 0.484 e. The summed E-state index contributed by atoms with van der Waals surface area (Å²) in [7, 11) is 0. The second-order valence-corrected chi connectivity index (χ2v) is 8.14. The maximum absolute atomic E-state index is 12.7. The summed E-state index contributed by atoms with van der Waals surface area (Å²) in [5.41, 5.74) is 1.02. The lowest BCUT2D eigenvalue weighted by Gasteiger charge is -2.31. The average Bonchev–Trinajstić information content (AvgIpc) is 2.86. The molecule has 0 bridgehead atoms. The van der Waals surface area contributed by atoms with Gasteiger partial charge < -0.3 is 19.7 Å². The molecule has 1 fully saturated rings. The zero-order valence-corrected chi connectivity index (χ0v) is 19.1. The van der Waals surface area contributed by atoms with Gasteiger partial charge in [-0.3, -0.25) is 14.4 Å². The van der Waals surface area contributed by atoms with Gasteiger partial charge >= 0.3 is 5.97 Å². The van der Waals surface area contributed by atoms with E-state index in [2.05, 4.69) is 5.32 Å². The van der Waals surface area contributed by atoms with Crippen LogP contribution in [-0.2, 0) is 25.5 Å². The Labute approximate surface area is 195 Å². The molecule has 1 unspecified atom stereocenters. The van der Waals surface area contributed by atoms with Crippen molar-refractivity contribution in [3.63, 3.8) is 0 Å². The summed E-state index contributed by atoms with van der Waals surface area (Å²) in [6.07, 6.45) is 1.69. The van der Waals surface area contributed by atoms with Crippen molar-refractivity contribution in [2.24, 2.45) is 11.8 Å². The van der Waals surface area contributed by atoms with Gasteiger partial charge in [-0.1, -0.05) is 48.5 Å². The van der Waals surface area contributed by atoms with Crippen molar-refractivity contribution < 1.29 is 23.9 Å². The maximum Gasteiger partial charge on any atom is 0.311 e. The Morgan fingerprint density at radius 3 is 2.27 bits per heavy atom. The SMILES string of the molecule is CCOC(=O)C(CNC(=O)C1CCN(C(=O)COc2ccccc2)CC1)Cc1ccccc1. The van der Waals surface area contributed by atoms with Gasteiger partial charge in [0.25, 0.3) is 5.91 Å². The third-order valence-electron chi connectivity index (χ3n) is 5.79. The molecule has 7 heteroatoms. The van der Waals surface area contributed by atoms with Crippen molar-refractivity contribution in [1.82, 2.24) is 10.2 Å². The predicted octanol–water partition coefficient (Wildman–Crippen LogP) is 2.84. The van der Waals surface area contributed by atoms with Gasteiger partial charge in [-0.2, -0.15) is 0 Å². The zero-order valence-electron chi connectivity index (χ0n) is 19.1. The molecule has 1 heterocycles. The molecule has 1 saturated heterocycles. The molecule has 3 rings (SSSR count). The number of esters is 1. The number of piperidine rings is 1. The molecule has 2 aromatic rings. The lowest BCUT2D eigenvalue weighted by atomic mass is 9.95. The van der Waals surface area contributed by atoms with E-state index in [0.29, 0.717) is 44.7 Å². The molecule has 33 heavy (non-hydrogen) atoms. The monoisotopic (exact) mass is 452 g/mol. The smallest absolute Gasteiger partial charge is 0.311 e. The highest BCUT2D eigenvalue weighted by molar-refractivity contribution is 5.81. The number of ether oxygens (including phenoxy) is 2. The van der Waals surface area contributed by atoms with Gasteiger partial charge in [0, 0.05) is 25.6 Å². The van der Waals surface area contributed by atoms with E-state index in [9.17, 15) is 14.4 Å². The fourth-order valence-corrected chi connectivity index (χ4v) is 3.91. The lowest BCUT2D eigenvalue weighted by Crippen LogP contribution is -2.45. The number of hydrogen-bond donors (Lipinski definition) is 1. The third-order valence-corrected chi connectivity index (χ3v) is 5.79. The second kappa shape index (κ2) is 12.6. The first-order valence-corrected chi connectivity index (χ1v) is 11.5. The van der Waals surface area contributed by atoms with Crippen LogP contribution < -0.4 is 10.1 Å². The first-order valence-electron chi connectivity index (χ1n) is 11.5. The van der Waals surface area contributed by atoms with E-state index in [0.717, 1.165) is 5.56 Å². The quantitative estimate of drug-likeness (QED) is 0.561. The standard InChI is InChI=1S/C26H32N2O5/c1-2-32-26(31)22(17-20-9-5-3-6-10-20)18-27-25(30)21-13-15-28(16-14-21)24(29)19-33-23-11-7-4-8-12-23/h3-12,21-22H,2,13-19H2,1H3,(H,27,30). The number of nitrogens with one attached hydrogen (secondary N) is 1. The van der Waals surface area contributed by atoms with Crippen molar-refractivity contribution in [2.45, 2.75) is 26.2 Å². The zero-order chi connectivity index (χ0) is 23.5. The Bertz CT molecular complexity index is 895. The lowest BCUT2D eigenvalue weighted by molar-refractivity contribution is -0.148. The summed E-state index contributed by atoms with van der Waals surface area (Å²) in [6.45, 7) is 3.33. The van der Waals surface area contributed by atoms with Crippen molar-refractivity contribution in [3.8, 4) is 5.75 Å². The van der Waals surface area contributed by atoms with Crippen LogP contribution in [0.15, 0.2) is 60.7 Å². The van der Waals surface area contributed by atoms with Crippen LogP contribution in [0.1, 0.15) is 25.3 Å². The number of carbonyl (C=O) groups is 3. The number of likely N-dealkylation sites (tertiary alicyclic amines) is 1. The van der Waals surface area contributed by atoms with Gasteiger partial charge in [0.1, 0.15) is 5.75 Å². The molecule has 1 aliphatic rings. The second-order valence-electron chi connectivity index (χ2n) is 8.14. The fraction of sp³-hybridized carbons (Fsp3) is 0.423. The summed E-state index contributed by atoms with van der Waals surface area (Å²) in [5, 5.41) is 2.93.